The van der Waals surface area contributed by atoms with Crippen molar-refractivity contribution in [2.45, 2.75) is 70.9 Å². The van der Waals surface area contributed by atoms with Gasteiger partial charge in [0, 0.05) is 18.0 Å². The molecule has 2 aliphatic rings. The maximum atomic E-state index is 6.56. The third-order valence-electron chi connectivity index (χ3n) is 4.96. The van der Waals surface area contributed by atoms with Crippen LogP contribution >= 0.6 is 0 Å². The van der Waals surface area contributed by atoms with Gasteiger partial charge < -0.3 is 10.1 Å². The summed E-state index contributed by atoms with van der Waals surface area (Å²) in [5.41, 5.74) is 4.17. The Labute approximate surface area is 122 Å². The molecule has 2 heteroatoms. The Kier molecular flexibility index (Phi) is 3.76. The van der Waals surface area contributed by atoms with Gasteiger partial charge in [0.25, 0.3) is 0 Å². The number of hydrogen-bond donors (Lipinski definition) is 1. The molecule has 0 aromatic heterocycles. The van der Waals surface area contributed by atoms with Crippen LogP contribution in [-0.2, 0) is 0 Å². The van der Waals surface area contributed by atoms with Crippen LogP contribution in [0.2, 0.25) is 0 Å². The zero-order valence-electron chi connectivity index (χ0n) is 13.1. The first kappa shape index (κ1) is 13.9. The number of nitrogens with one attached hydrogen (secondary N) is 1. The Bertz CT molecular complexity index is 488. The lowest BCUT2D eigenvalue weighted by molar-refractivity contribution is -0.00267. The predicted molar refractivity (Wildman–Crippen MR) is 83.4 cm³/mol. The van der Waals surface area contributed by atoms with Gasteiger partial charge >= 0.3 is 0 Å². The topological polar surface area (TPSA) is 21.3 Å². The third-order valence-corrected chi connectivity index (χ3v) is 4.96. The van der Waals surface area contributed by atoms with Crippen LogP contribution in [0.15, 0.2) is 12.1 Å². The molecule has 1 aromatic carbocycles. The van der Waals surface area contributed by atoms with Crippen LogP contribution in [0.5, 0.6) is 5.75 Å². The molecule has 1 aliphatic carbocycles. The van der Waals surface area contributed by atoms with Crippen molar-refractivity contribution in [1.29, 1.82) is 0 Å². The predicted octanol–water partition coefficient (Wildman–Crippen LogP) is 4.44. The van der Waals surface area contributed by atoms with Crippen molar-refractivity contribution in [2.75, 3.05) is 6.54 Å². The van der Waals surface area contributed by atoms with E-state index in [1.165, 1.54) is 48.8 Å². The smallest absolute Gasteiger partial charge is 0.125 e. The molecular formula is C18H27NO. The molecule has 1 unspecified atom stereocenters. The molecule has 2 nitrogen and oxygen atoms in total. The maximum Gasteiger partial charge on any atom is 0.125 e. The summed E-state index contributed by atoms with van der Waals surface area (Å²) < 4.78 is 6.56. The van der Waals surface area contributed by atoms with E-state index < -0.39 is 0 Å². The van der Waals surface area contributed by atoms with Gasteiger partial charge in [-0.15, -0.1) is 0 Å². The monoisotopic (exact) mass is 273 g/mol. The summed E-state index contributed by atoms with van der Waals surface area (Å²) in [6, 6.07) is 4.98. The molecule has 1 saturated carbocycles. The number of fused-ring (bicyclic) bond motifs is 1. The lowest BCUT2D eigenvalue weighted by Crippen LogP contribution is -2.45. The Balaban J connectivity index is 2.00. The minimum Gasteiger partial charge on any atom is -0.487 e. The van der Waals surface area contributed by atoms with Crippen LogP contribution in [0.3, 0.4) is 0 Å². The number of rotatable bonds is 2. The van der Waals surface area contributed by atoms with Crippen molar-refractivity contribution in [3.63, 3.8) is 0 Å². The number of ether oxygens (including phenoxy) is 1. The minimum absolute atomic E-state index is 0.0956. The first-order valence-corrected chi connectivity index (χ1v) is 8.17. The summed E-state index contributed by atoms with van der Waals surface area (Å²) in [6.07, 6.45) is 7.59. The molecule has 1 aliphatic heterocycles. The SMILES string of the molecule is CCNC1CC2(CCCCC2)Oc2cc(C)cc(C)c21. The highest BCUT2D eigenvalue weighted by Gasteiger charge is 2.42. The molecule has 20 heavy (non-hydrogen) atoms. The van der Waals surface area contributed by atoms with Crippen molar-refractivity contribution in [2.24, 2.45) is 0 Å². The molecule has 3 rings (SSSR count). The molecule has 0 bridgehead atoms. The van der Waals surface area contributed by atoms with E-state index in [4.69, 9.17) is 4.74 Å². The van der Waals surface area contributed by atoms with E-state index in [9.17, 15) is 0 Å². The summed E-state index contributed by atoms with van der Waals surface area (Å²) >= 11 is 0. The lowest BCUT2D eigenvalue weighted by Gasteiger charge is -2.45. The number of hydrogen-bond acceptors (Lipinski definition) is 2. The maximum absolute atomic E-state index is 6.56. The standard InChI is InChI=1S/C18H27NO/c1-4-19-15-12-18(8-6-5-7-9-18)20-16-11-13(2)10-14(3)17(15)16/h10-11,15,19H,4-9,12H2,1-3H3. The molecule has 110 valence electrons. The number of benzene rings is 1. The normalized spacial score (nSPS) is 24.2. The van der Waals surface area contributed by atoms with Crippen molar-refractivity contribution < 1.29 is 4.74 Å². The Morgan fingerprint density at radius 3 is 2.65 bits per heavy atom. The van der Waals surface area contributed by atoms with Gasteiger partial charge in [-0.3, -0.25) is 0 Å². The molecule has 1 spiro atoms. The zero-order chi connectivity index (χ0) is 14.2. The summed E-state index contributed by atoms with van der Waals surface area (Å²) in [6.45, 7) is 7.61. The first-order valence-electron chi connectivity index (χ1n) is 8.17. The average Bonchev–Trinajstić information content (AvgIpc) is 2.38. The highest BCUT2D eigenvalue weighted by Crippen LogP contribution is 2.47. The van der Waals surface area contributed by atoms with Crippen LogP contribution in [-0.4, -0.2) is 12.1 Å². The lowest BCUT2D eigenvalue weighted by atomic mass is 9.76. The summed E-state index contributed by atoms with van der Waals surface area (Å²) in [7, 11) is 0. The second-order valence-electron chi connectivity index (χ2n) is 6.65. The van der Waals surface area contributed by atoms with Gasteiger partial charge in [-0.25, -0.2) is 0 Å². The van der Waals surface area contributed by atoms with Gasteiger partial charge in [0.2, 0.25) is 0 Å². The van der Waals surface area contributed by atoms with Crippen molar-refractivity contribution in [1.82, 2.24) is 5.32 Å². The first-order chi connectivity index (χ1) is 9.63. The van der Waals surface area contributed by atoms with Crippen LogP contribution in [0.1, 0.15) is 68.2 Å². The van der Waals surface area contributed by atoms with E-state index in [1.807, 2.05) is 0 Å². The quantitative estimate of drug-likeness (QED) is 0.860. The van der Waals surface area contributed by atoms with Crippen LogP contribution in [0, 0.1) is 13.8 Å². The Morgan fingerprint density at radius 2 is 1.95 bits per heavy atom. The molecule has 1 aromatic rings. The van der Waals surface area contributed by atoms with Gasteiger partial charge in [-0.2, -0.15) is 0 Å². The highest BCUT2D eigenvalue weighted by molar-refractivity contribution is 5.47. The summed E-state index contributed by atoms with van der Waals surface area (Å²) in [5.74, 6) is 1.14. The van der Waals surface area contributed by atoms with Crippen molar-refractivity contribution >= 4 is 0 Å². The average molecular weight is 273 g/mol. The number of aryl methyl sites for hydroxylation is 2. The van der Waals surface area contributed by atoms with Crippen molar-refractivity contribution in [3.05, 3.63) is 28.8 Å². The molecule has 1 fully saturated rings. The second kappa shape index (κ2) is 5.40. The third kappa shape index (κ3) is 2.46. The largest absolute Gasteiger partial charge is 0.487 e. The summed E-state index contributed by atoms with van der Waals surface area (Å²) in [5, 5.41) is 3.69. The van der Waals surface area contributed by atoms with E-state index in [2.05, 4.69) is 38.2 Å². The van der Waals surface area contributed by atoms with E-state index in [0.29, 0.717) is 6.04 Å². The fraction of sp³-hybridized carbons (Fsp3) is 0.667. The van der Waals surface area contributed by atoms with E-state index in [1.54, 1.807) is 0 Å². The van der Waals surface area contributed by atoms with E-state index in [0.717, 1.165) is 18.7 Å². The van der Waals surface area contributed by atoms with Gasteiger partial charge in [0.05, 0.1) is 0 Å². The van der Waals surface area contributed by atoms with Gasteiger partial charge in [-0.05, 0) is 63.3 Å². The molecule has 0 amide bonds. The molecule has 1 atom stereocenters. The van der Waals surface area contributed by atoms with Crippen LogP contribution in [0.25, 0.3) is 0 Å². The second-order valence-corrected chi connectivity index (χ2v) is 6.65. The zero-order valence-corrected chi connectivity index (χ0v) is 13.1. The van der Waals surface area contributed by atoms with Crippen molar-refractivity contribution in [3.8, 4) is 5.75 Å². The fourth-order valence-corrected chi connectivity index (χ4v) is 4.14. The van der Waals surface area contributed by atoms with Gasteiger partial charge in [-0.1, -0.05) is 19.4 Å². The Hall–Kier alpha value is -1.02. The fourth-order valence-electron chi connectivity index (χ4n) is 4.14. The summed E-state index contributed by atoms with van der Waals surface area (Å²) in [4.78, 5) is 0. The van der Waals surface area contributed by atoms with Gasteiger partial charge in [0.1, 0.15) is 11.4 Å². The highest BCUT2D eigenvalue weighted by atomic mass is 16.5. The minimum atomic E-state index is 0.0956. The molecular weight excluding hydrogens is 246 g/mol. The van der Waals surface area contributed by atoms with Gasteiger partial charge in [0.15, 0.2) is 0 Å². The molecule has 0 radical (unpaired) electrons. The van der Waals surface area contributed by atoms with Crippen LogP contribution in [0.4, 0.5) is 0 Å². The van der Waals surface area contributed by atoms with Crippen LogP contribution < -0.4 is 10.1 Å². The van der Waals surface area contributed by atoms with E-state index >= 15 is 0 Å². The molecule has 1 N–H and O–H groups in total. The van der Waals surface area contributed by atoms with E-state index in [-0.39, 0.29) is 5.60 Å². The Morgan fingerprint density at radius 1 is 1.20 bits per heavy atom. The molecule has 1 heterocycles. The molecule has 0 saturated heterocycles.